The van der Waals surface area contributed by atoms with Crippen LogP contribution in [-0.2, 0) is 0 Å². The number of piperazine rings is 1. The molecule has 0 saturated carbocycles. The monoisotopic (exact) mass is 513 g/mol. The maximum Gasteiger partial charge on any atom is 0.251 e. The largest absolute Gasteiger partial charge is 0.397 e. The number of benzene rings is 2. The zero-order valence-corrected chi connectivity index (χ0v) is 20.3. The third-order valence-corrected chi connectivity index (χ3v) is 5.80. The van der Waals surface area contributed by atoms with Crippen LogP contribution in [0.4, 0.5) is 17.1 Å². The number of fused-ring (bicyclic) bond motifs is 2. The van der Waals surface area contributed by atoms with Crippen molar-refractivity contribution in [3.8, 4) is 0 Å². The van der Waals surface area contributed by atoms with Gasteiger partial charge in [-0.2, -0.15) is 0 Å². The van der Waals surface area contributed by atoms with Gasteiger partial charge in [-0.3, -0.25) is 9.69 Å². The Balaban J connectivity index is 0.00000210. The van der Waals surface area contributed by atoms with Crippen molar-refractivity contribution in [2.75, 3.05) is 50.3 Å². The Kier molecular flexibility index (Phi) is 12.9. The minimum Gasteiger partial charge on any atom is -0.397 e. The quantitative estimate of drug-likeness (QED) is 0.396. The van der Waals surface area contributed by atoms with E-state index in [1.54, 1.807) is 17.8 Å². The molecule has 0 spiro atoms. The summed E-state index contributed by atoms with van der Waals surface area (Å²) in [6.45, 7) is 5.61. The van der Waals surface area contributed by atoms with E-state index in [0.717, 1.165) is 53.9 Å². The molecule has 1 fully saturated rings. The van der Waals surface area contributed by atoms with Crippen LogP contribution in [0.3, 0.4) is 0 Å². The van der Waals surface area contributed by atoms with Gasteiger partial charge >= 0.3 is 0 Å². The average Bonchev–Trinajstić information content (AvgIpc) is 2.67. The number of anilines is 3. The molecule has 0 atom stereocenters. The van der Waals surface area contributed by atoms with Gasteiger partial charge in [0.05, 0.1) is 17.1 Å². The molecule has 30 heavy (non-hydrogen) atoms. The number of nitrogens with zero attached hydrogens (tertiary/aromatic N) is 1. The highest BCUT2D eigenvalue weighted by molar-refractivity contribution is 7.99. The number of carbonyl (C=O) groups is 1. The van der Waals surface area contributed by atoms with E-state index < -0.39 is 0 Å². The van der Waals surface area contributed by atoms with E-state index >= 15 is 0 Å². The van der Waals surface area contributed by atoms with Crippen LogP contribution >= 0.6 is 61.4 Å². The lowest BCUT2D eigenvalue weighted by molar-refractivity contribution is 0.0947. The minimum atomic E-state index is -0.0749. The van der Waals surface area contributed by atoms with Gasteiger partial charge < -0.3 is 21.7 Å². The lowest BCUT2D eigenvalue weighted by Gasteiger charge is -2.27. The molecule has 2 aromatic carbocycles. The van der Waals surface area contributed by atoms with Crippen molar-refractivity contribution in [3.05, 3.63) is 42.0 Å². The summed E-state index contributed by atoms with van der Waals surface area (Å²) in [6, 6.07) is 11.8. The minimum absolute atomic E-state index is 0. The molecule has 2 aromatic rings. The summed E-state index contributed by atoms with van der Waals surface area (Å²) in [6.07, 6.45) is 0. The third kappa shape index (κ3) is 6.72. The number of carbonyl (C=O) groups excluding carboxylic acids is 1. The van der Waals surface area contributed by atoms with E-state index in [4.69, 9.17) is 5.73 Å². The lowest BCUT2D eigenvalue weighted by atomic mass is 10.1. The SMILES string of the molecule is Cl.Cl.Cl.Cl.Nc1cc(C(=O)NCCN2CCNCC2)cc2c1Nc1ccccc1S2. The first-order valence-corrected chi connectivity index (χ1v) is 9.71. The molecule has 0 bridgehead atoms. The Hall–Kier alpha value is -1.06. The fourth-order valence-electron chi connectivity index (χ4n) is 3.26. The summed E-state index contributed by atoms with van der Waals surface area (Å²) in [7, 11) is 0. The van der Waals surface area contributed by atoms with Crippen LogP contribution in [0.15, 0.2) is 46.2 Å². The van der Waals surface area contributed by atoms with E-state index in [1.807, 2.05) is 24.3 Å². The number of nitrogens with one attached hydrogen (secondary N) is 3. The predicted octanol–water partition coefficient (Wildman–Crippen LogP) is 3.80. The predicted molar refractivity (Wildman–Crippen MR) is 135 cm³/mol. The van der Waals surface area contributed by atoms with Crippen molar-refractivity contribution in [3.63, 3.8) is 0 Å². The van der Waals surface area contributed by atoms with Crippen LogP contribution in [0.25, 0.3) is 0 Å². The molecule has 6 nitrogen and oxygen atoms in total. The van der Waals surface area contributed by atoms with Gasteiger partial charge in [0.1, 0.15) is 0 Å². The first kappa shape index (κ1) is 28.9. The molecular weight excluding hydrogens is 488 g/mol. The maximum atomic E-state index is 12.5. The van der Waals surface area contributed by atoms with Gasteiger partial charge in [0.25, 0.3) is 5.91 Å². The smallest absolute Gasteiger partial charge is 0.251 e. The first-order valence-electron chi connectivity index (χ1n) is 8.89. The summed E-state index contributed by atoms with van der Waals surface area (Å²) < 4.78 is 0. The molecule has 1 amide bonds. The lowest BCUT2D eigenvalue weighted by Crippen LogP contribution is -2.46. The Labute approximate surface area is 206 Å². The first-order chi connectivity index (χ1) is 12.7. The molecule has 2 aliphatic heterocycles. The highest BCUT2D eigenvalue weighted by atomic mass is 35.5. The Morgan fingerprint density at radius 1 is 1.07 bits per heavy atom. The molecule has 0 unspecified atom stereocenters. The van der Waals surface area contributed by atoms with Gasteiger partial charge in [-0.25, -0.2) is 0 Å². The van der Waals surface area contributed by atoms with Gasteiger partial charge in [-0.15, -0.1) is 49.6 Å². The topological polar surface area (TPSA) is 82.4 Å². The fourth-order valence-corrected chi connectivity index (χ4v) is 4.33. The van der Waals surface area contributed by atoms with Gasteiger partial charge in [-0.05, 0) is 24.3 Å². The highest BCUT2D eigenvalue weighted by Crippen LogP contribution is 2.46. The number of nitrogens with two attached hydrogens (primary N) is 1. The molecular formula is C19H27Cl4N5OS. The number of rotatable bonds is 4. The normalized spacial score (nSPS) is 14.1. The van der Waals surface area contributed by atoms with E-state index in [2.05, 4.69) is 26.9 Å². The van der Waals surface area contributed by atoms with E-state index in [0.29, 0.717) is 17.8 Å². The molecule has 0 aromatic heterocycles. The molecule has 2 heterocycles. The number of halogens is 4. The van der Waals surface area contributed by atoms with Gasteiger partial charge in [0, 0.05) is 54.6 Å². The molecule has 0 aliphatic carbocycles. The van der Waals surface area contributed by atoms with Gasteiger partial charge in [-0.1, -0.05) is 23.9 Å². The second kappa shape index (κ2) is 13.4. The van der Waals surface area contributed by atoms with Gasteiger partial charge in [0.2, 0.25) is 0 Å². The van der Waals surface area contributed by atoms with Gasteiger partial charge in [0.15, 0.2) is 0 Å². The second-order valence-corrected chi connectivity index (χ2v) is 7.59. The zero-order chi connectivity index (χ0) is 17.9. The van der Waals surface area contributed by atoms with Crippen molar-refractivity contribution >= 4 is 84.4 Å². The molecule has 11 heteroatoms. The van der Waals surface area contributed by atoms with E-state index in [9.17, 15) is 4.79 Å². The molecule has 0 radical (unpaired) electrons. The Bertz CT molecular complexity index is 837. The molecule has 1 saturated heterocycles. The maximum absolute atomic E-state index is 12.5. The van der Waals surface area contributed by atoms with E-state index in [1.165, 1.54) is 0 Å². The van der Waals surface area contributed by atoms with Crippen LogP contribution in [0.5, 0.6) is 0 Å². The number of hydrogen-bond acceptors (Lipinski definition) is 6. The Morgan fingerprint density at radius 2 is 1.77 bits per heavy atom. The zero-order valence-electron chi connectivity index (χ0n) is 16.2. The van der Waals surface area contributed by atoms with Crippen LogP contribution < -0.4 is 21.7 Å². The van der Waals surface area contributed by atoms with Crippen molar-refractivity contribution in [2.45, 2.75) is 9.79 Å². The summed E-state index contributed by atoms with van der Waals surface area (Å²) in [5.74, 6) is -0.0749. The molecule has 5 N–H and O–H groups in total. The summed E-state index contributed by atoms with van der Waals surface area (Å²) in [5, 5.41) is 9.72. The molecule has 168 valence electrons. The Morgan fingerprint density at radius 3 is 2.50 bits per heavy atom. The highest BCUT2D eigenvalue weighted by Gasteiger charge is 2.20. The molecule has 4 rings (SSSR count). The van der Waals surface area contributed by atoms with Crippen molar-refractivity contribution in [2.24, 2.45) is 0 Å². The van der Waals surface area contributed by atoms with Crippen molar-refractivity contribution < 1.29 is 4.79 Å². The number of amides is 1. The van der Waals surface area contributed by atoms with E-state index in [-0.39, 0.29) is 55.5 Å². The van der Waals surface area contributed by atoms with Crippen molar-refractivity contribution in [1.82, 2.24) is 15.5 Å². The number of nitrogen functional groups attached to an aromatic ring is 1. The van der Waals surface area contributed by atoms with Crippen LogP contribution in [0, 0.1) is 0 Å². The number of hydrogen-bond donors (Lipinski definition) is 4. The van der Waals surface area contributed by atoms with Crippen LogP contribution in [-0.4, -0.2) is 50.1 Å². The fraction of sp³-hybridized carbons (Fsp3) is 0.316. The third-order valence-electron chi connectivity index (χ3n) is 4.68. The summed E-state index contributed by atoms with van der Waals surface area (Å²) >= 11 is 1.64. The molecule has 2 aliphatic rings. The van der Waals surface area contributed by atoms with Crippen molar-refractivity contribution in [1.29, 1.82) is 0 Å². The number of para-hydroxylation sites is 1. The average molecular weight is 515 g/mol. The van der Waals surface area contributed by atoms with Crippen LogP contribution in [0.2, 0.25) is 0 Å². The summed E-state index contributed by atoms with van der Waals surface area (Å²) in [4.78, 5) is 17.0. The standard InChI is InChI=1S/C19H23N5OS.4ClH/c20-14-11-13(19(25)22-7-10-24-8-5-21-6-9-24)12-17-18(14)23-15-3-1-2-4-16(15)26-17;;;;/h1-4,11-12,21,23H,5-10,20H2,(H,22,25);4*1H. The van der Waals surface area contributed by atoms with Crippen LogP contribution in [0.1, 0.15) is 10.4 Å². The second-order valence-electron chi connectivity index (χ2n) is 6.51. The summed E-state index contributed by atoms with van der Waals surface area (Å²) in [5.41, 5.74) is 9.34.